The van der Waals surface area contributed by atoms with Crippen molar-refractivity contribution < 1.29 is 5.11 Å². The van der Waals surface area contributed by atoms with Crippen LogP contribution in [0.4, 0.5) is 5.69 Å². The number of H-pyrrole nitrogens is 2. The van der Waals surface area contributed by atoms with E-state index in [2.05, 4.69) is 31.1 Å². The maximum Gasteiger partial charge on any atom is 0.199 e. The summed E-state index contributed by atoms with van der Waals surface area (Å²) >= 11 is 3.41. The summed E-state index contributed by atoms with van der Waals surface area (Å²) in [6, 6.07) is 11.3. The molecule has 6 heteroatoms. The average Bonchev–Trinajstić information content (AvgIpc) is 3.03. The Balaban J connectivity index is 2.12. The quantitative estimate of drug-likeness (QED) is 0.408. The largest absolute Gasteiger partial charge is 0.494 e. The van der Waals surface area contributed by atoms with Gasteiger partial charge in [-0.25, -0.2) is 0 Å². The van der Waals surface area contributed by atoms with Crippen LogP contribution in [0.25, 0.3) is 33.1 Å². The number of aromatic nitrogens is 2. The number of fused-ring (bicyclic) bond motifs is 2. The normalized spacial score (nSPS) is 11.4. The molecule has 4 rings (SSSR count). The highest BCUT2D eigenvalue weighted by Crippen LogP contribution is 2.44. The summed E-state index contributed by atoms with van der Waals surface area (Å²) in [5.41, 5.74) is 4.03. The molecule has 3 N–H and O–H groups in total. The van der Waals surface area contributed by atoms with Gasteiger partial charge in [-0.1, -0.05) is 40.2 Å². The molecule has 5 nitrogen and oxygen atoms in total. The van der Waals surface area contributed by atoms with Gasteiger partial charge in [0.2, 0.25) is 0 Å². The van der Waals surface area contributed by atoms with Gasteiger partial charge in [-0.15, -0.1) is 4.91 Å². The van der Waals surface area contributed by atoms with E-state index in [4.69, 9.17) is 0 Å². The molecular formula is C17H12BrN3O2. The fourth-order valence-electron chi connectivity index (χ4n) is 3.03. The van der Waals surface area contributed by atoms with Crippen LogP contribution in [-0.4, -0.2) is 15.1 Å². The Morgan fingerprint density at radius 1 is 1.13 bits per heavy atom. The number of aryl methyl sites for hydroxylation is 1. The number of para-hydroxylation sites is 1. The monoisotopic (exact) mass is 369 g/mol. The van der Waals surface area contributed by atoms with Crippen molar-refractivity contribution in [3.05, 3.63) is 51.3 Å². The van der Waals surface area contributed by atoms with Gasteiger partial charge < -0.3 is 15.1 Å². The molecule has 0 bridgehead atoms. The lowest BCUT2D eigenvalue weighted by Gasteiger charge is -1.99. The first kappa shape index (κ1) is 14.0. The number of hydrogen-bond acceptors (Lipinski definition) is 3. The van der Waals surface area contributed by atoms with E-state index in [1.165, 1.54) is 0 Å². The molecule has 0 amide bonds. The molecule has 0 fully saturated rings. The van der Waals surface area contributed by atoms with Crippen molar-refractivity contribution in [2.75, 3.05) is 0 Å². The Labute approximate surface area is 139 Å². The van der Waals surface area contributed by atoms with Crippen molar-refractivity contribution in [2.45, 2.75) is 6.92 Å². The van der Waals surface area contributed by atoms with Crippen LogP contribution in [0.15, 0.2) is 46.0 Å². The Hall–Kier alpha value is -2.60. The van der Waals surface area contributed by atoms with Gasteiger partial charge in [-0.2, -0.15) is 0 Å². The summed E-state index contributed by atoms with van der Waals surface area (Å²) in [5, 5.41) is 15.1. The van der Waals surface area contributed by atoms with E-state index in [1.54, 1.807) is 0 Å². The third-order valence-corrected chi connectivity index (χ3v) is 4.59. The molecule has 0 radical (unpaired) electrons. The first-order valence-electron chi connectivity index (χ1n) is 7.05. The lowest BCUT2D eigenvalue weighted by atomic mass is 10.1. The molecule has 0 aliphatic heterocycles. The zero-order valence-electron chi connectivity index (χ0n) is 12.1. The van der Waals surface area contributed by atoms with E-state index in [1.807, 2.05) is 43.3 Å². The number of halogens is 1. The fraction of sp³-hybridized carbons (Fsp3) is 0.0588. The molecule has 0 saturated heterocycles. The summed E-state index contributed by atoms with van der Waals surface area (Å²) in [4.78, 5) is 17.6. The fourth-order valence-corrected chi connectivity index (χ4v) is 3.40. The van der Waals surface area contributed by atoms with Crippen LogP contribution in [0.2, 0.25) is 0 Å². The molecule has 0 unspecified atom stereocenters. The second-order valence-corrected chi connectivity index (χ2v) is 6.39. The smallest absolute Gasteiger partial charge is 0.199 e. The zero-order valence-corrected chi connectivity index (χ0v) is 13.7. The standard InChI is InChI=1S/C17H12BrN3O2/c1-8-3-2-4-11-14(8)20-16(15(11)21-23)13-10-6-5-9(18)7-12(10)19-17(13)22/h2-7,19-20,22H,1H3. The van der Waals surface area contributed by atoms with Gasteiger partial charge in [0.1, 0.15) is 5.69 Å². The predicted octanol–water partition coefficient (Wildman–Crippen LogP) is 5.49. The summed E-state index contributed by atoms with van der Waals surface area (Å²) in [7, 11) is 0. The zero-order chi connectivity index (χ0) is 16.1. The molecule has 0 aliphatic rings. The second kappa shape index (κ2) is 4.96. The third kappa shape index (κ3) is 1.98. The number of rotatable bonds is 2. The molecule has 23 heavy (non-hydrogen) atoms. The Morgan fingerprint density at radius 3 is 2.74 bits per heavy atom. The molecule has 4 aromatic rings. The van der Waals surface area contributed by atoms with E-state index in [0.29, 0.717) is 16.9 Å². The maximum absolute atomic E-state index is 11.4. The van der Waals surface area contributed by atoms with E-state index < -0.39 is 0 Å². The van der Waals surface area contributed by atoms with Crippen LogP contribution in [-0.2, 0) is 0 Å². The SMILES string of the molecule is Cc1cccc2c(N=O)c(-c3c(O)[nH]c4cc(Br)ccc34)[nH]c12. The van der Waals surface area contributed by atoms with Gasteiger partial charge in [0.25, 0.3) is 0 Å². The topological polar surface area (TPSA) is 81.2 Å². The van der Waals surface area contributed by atoms with E-state index in [0.717, 1.165) is 31.8 Å². The van der Waals surface area contributed by atoms with Crippen LogP contribution in [0.3, 0.4) is 0 Å². The second-order valence-electron chi connectivity index (χ2n) is 5.48. The van der Waals surface area contributed by atoms with E-state index in [-0.39, 0.29) is 5.88 Å². The van der Waals surface area contributed by atoms with Crippen LogP contribution in [0, 0.1) is 11.8 Å². The molecule has 0 spiro atoms. The molecule has 2 heterocycles. The highest BCUT2D eigenvalue weighted by molar-refractivity contribution is 9.10. The molecule has 114 valence electrons. The summed E-state index contributed by atoms with van der Waals surface area (Å²) in [5.74, 6) is 0.00668. The van der Waals surface area contributed by atoms with Crippen LogP contribution in [0.1, 0.15) is 5.56 Å². The van der Waals surface area contributed by atoms with E-state index in [9.17, 15) is 10.0 Å². The number of nitrogens with one attached hydrogen (secondary N) is 2. The van der Waals surface area contributed by atoms with Gasteiger partial charge in [0, 0.05) is 15.2 Å². The van der Waals surface area contributed by atoms with Crippen molar-refractivity contribution >= 4 is 43.4 Å². The van der Waals surface area contributed by atoms with Crippen molar-refractivity contribution in [1.29, 1.82) is 0 Å². The van der Waals surface area contributed by atoms with Gasteiger partial charge in [-0.3, -0.25) is 0 Å². The summed E-state index contributed by atoms with van der Waals surface area (Å²) in [6.45, 7) is 1.96. The van der Waals surface area contributed by atoms with Gasteiger partial charge in [0.15, 0.2) is 5.88 Å². The number of nitrogens with zero attached hydrogens (tertiary/aromatic N) is 1. The number of aromatic hydroxyl groups is 1. The molecule has 2 aromatic carbocycles. The molecule has 0 saturated carbocycles. The number of hydrogen-bond donors (Lipinski definition) is 3. The highest BCUT2D eigenvalue weighted by atomic mass is 79.9. The van der Waals surface area contributed by atoms with Crippen LogP contribution in [0.5, 0.6) is 5.88 Å². The van der Waals surface area contributed by atoms with Crippen molar-refractivity contribution in [3.8, 4) is 17.1 Å². The van der Waals surface area contributed by atoms with Crippen molar-refractivity contribution in [3.63, 3.8) is 0 Å². The Morgan fingerprint density at radius 2 is 1.96 bits per heavy atom. The van der Waals surface area contributed by atoms with Crippen LogP contribution < -0.4 is 0 Å². The minimum atomic E-state index is 0.00668. The summed E-state index contributed by atoms with van der Waals surface area (Å²) < 4.78 is 0.902. The predicted molar refractivity (Wildman–Crippen MR) is 95.1 cm³/mol. The van der Waals surface area contributed by atoms with Gasteiger partial charge >= 0.3 is 0 Å². The lowest BCUT2D eigenvalue weighted by Crippen LogP contribution is -1.78. The molecule has 0 atom stereocenters. The summed E-state index contributed by atoms with van der Waals surface area (Å²) in [6.07, 6.45) is 0. The van der Waals surface area contributed by atoms with Crippen molar-refractivity contribution in [2.24, 2.45) is 5.18 Å². The highest BCUT2D eigenvalue weighted by Gasteiger charge is 2.21. The minimum Gasteiger partial charge on any atom is -0.494 e. The van der Waals surface area contributed by atoms with Gasteiger partial charge in [-0.05, 0) is 29.8 Å². The Bertz CT molecular complexity index is 1080. The number of nitroso groups, excluding NO2 is 1. The van der Waals surface area contributed by atoms with E-state index >= 15 is 0 Å². The maximum atomic E-state index is 11.4. The Kier molecular flexibility index (Phi) is 3.02. The first-order chi connectivity index (χ1) is 11.1. The van der Waals surface area contributed by atoms with Gasteiger partial charge in [0.05, 0.1) is 22.3 Å². The van der Waals surface area contributed by atoms with Crippen molar-refractivity contribution in [1.82, 2.24) is 9.97 Å². The molecule has 2 aromatic heterocycles. The first-order valence-corrected chi connectivity index (χ1v) is 7.84. The third-order valence-electron chi connectivity index (χ3n) is 4.10. The minimum absolute atomic E-state index is 0.00668. The number of benzene rings is 2. The molecule has 0 aliphatic carbocycles. The lowest BCUT2D eigenvalue weighted by molar-refractivity contribution is 0.460. The molecular weight excluding hydrogens is 358 g/mol. The average molecular weight is 370 g/mol. The number of aromatic amines is 2. The van der Waals surface area contributed by atoms with Crippen LogP contribution >= 0.6 is 15.9 Å².